The predicted molar refractivity (Wildman–Crippen MR) is 67.0 cm³/mol. The summed E-state index contributed by atoms with van der Waals surface area (Å²) >= 11 is 0. The van der Waals surface area contributed by atoms with Gasteiger partial charge in [-0.3, -0.25) is 10.4 Å². The molecule has 0 amide bonds. The first-order valence-corrected chi connectivity index (χ1v) is 6.17. The highest BCUT2D eigenvalue weighted by Crippen LogP contribution is 2.27. The van der Waals surface area contributed by atoms with E-state index in [-0.39, 0.29) is 16.7 Å². The molecule has 1 aliphatic rings. The minimum Gasteiger partial charge on any atom is -0.394 e. The van der Waals surface area contributed by atoms with Crippen molar-refractivity contribution in [3.05, 3.63) is 28.4 Å². The van der Waals surface area contributed by atoms with Crippen molar-refractivity contribution in [2.24, 2.45) is 0 Å². The molecular weight excluding hydrogens is 282 g/mol. The van der Waals surface area contributed by atoms with Gasteiger partial charge >= 0.3 is 5.69 Å². The largest absolute Gasteiger partial charge is 0.394 e. The quantitative estimate of drug-likeness (QED) is 0.400. The smallest absolute Gasteiger partial charge is 0.331 e. The fraction of sp³-hybridized carbons (Fsp3) is 0.455. The molecule has 0 saturated carbocycles. The molecule has 0 radical (unpaired) electrons. The van der Waals surface area contributed by atoms with Crippen LogP contribution in [0.5, 0.6) is 0 Å². The number of ether oxygens (including phenoxy) is 1. The minimum absolute atomic E-state index is 0.120. The van der Waals surface area contributed by atoms with Crippen LogP contribution in [0.2, 0.25) is 0 Å². The zero-order valence-electron chi connectivity index (χ0n) is 10.7. The Kier molecular flexibility index (Phi) is 3.29. The van der Waals surface area contributed by atoms with Gasteiger partial charge in [-0.05, 0) is 0 Å². The van der Waals surface area contributed by atoms with Gasteiger partial charge in [-0.1, -0.05) is 0 Å². The minimum atomic E-state index is -1.45. The van der Waals surface area contributed by atoms with Crippen molar-refractivity contribution in [3.63, 3.8) is 0 Å². The van der Waals surface area contributed by atoms with E-state index in [9.17, 15) is 15.0 Å². The molecular formula is C11H13N5O5. The van der Waals surface area contributed by atoms with E-state index in [4.69, 9.17) is 15.3 Å². The van der Waals surface area contributed by atoms with Crippen molar-refractivity contribution >= 4 is 11.2 Å². The third kappa shape index (κ3) is 2.05. The molecule has 112 valence electrons. The van der Waals surface area contributed by atoms with E-state index in [1.807, 2.05) is 0 Å². The number of aromatic nitrogens is 4. The molecule has 0 aromatic carbocycles. The Morgan fingerprint density at radius 2 is 2.05 bits per heavy atom. The molecule has 3 rings (SSSR count). The third-order valence-corrected chi connectivity index (χ3v) is 3.38. The number of nitrogens with one attached hydrogen (secondary N) is 2. The van der Waals surface area contributed by atoms with Crippen molar-refractivity contribution in [2.45, 2.75) is 24.5 Å². The monoisotopic (exact) mass is 295 g/mol. The Labute approximate surface area is 116 Å². The average Bonchev–Trinajstić information content (AvgIpc) is 2.75. The van der Waals surface area contributed by atoms with Crippen LogP contribution in [-0.2, 0) is 4.74 Å². The van der Waals surface area contributed by atoms with Gasteiger partial charge in [0.05, 0.1) is 6.61 Å². The lowest BCUT2D eigenvalue weighted by Crippen LogP contribution is -2.43. The lowest BCUT2D eigenvalue weighted by atomic mass is 10.1. The molecule has 5 N–H and O–H groups in total. The molecule has 1 saturated heterocycles. The van der Waals surface area contributed by atoms with Crippen LogP contribution in [0.25, 0.3) is 11.2 Å². The van der Waals surface area contributed by atoms with E-state index in [2.05, 4.69) is 15.0 Å². The zero-order valence-corrected chi connectivity index (χ0v) is 10.7. The second kappa shape index (κ2) is 5.00. The molecule has 4 unspecified atom stereocenters. The lowest BCUT2D eigenvalue weighted by Gasteiger charge is -2.17. The second-order valence-electron chi connectivity index (χ2n) is 4.63. The molecule has 4 atom stereocenters. The summed E-state index contributed by atoms with van der Waals surface area (Å²) in [7, 11) is 0. The maximum Gasteiger partial charge on any atom is 0.331 e. The number of aromatic amines is 1. The van der Waals surface area contributed by atoms with Gasteiger partial charge in [0.25, 0.3) is 0 Å². The van der Waals surface area contributed by atoms with Crippen molar-refractivity contribution in [2.75, 3.05) is 6.61 Å². The number of aliphatic hydroxyl groups is 3. The van der Waals surface area contributed by atoms with E-state index in [1.165, 1.54) is 12.4 Å². The van der Waals surface area contributed by atoms with E-state index >= 15 is 0 Å². The summed E-state index contributed by atoms with van der Waals surface area (Å²) in [5, 5.41) is 36.8. The van der Waals surface area contributed by atoms with Gasteiger partial charge in [-0.25, -0.2) is 19.3 Å². The molecule has 21 heavy (non-hydrogen) atoms. The standard InChI is InChI=1S/C11H13N5O5/c12-8-5-9(14-2-1-13-5)15-11(20)16(8)10-7(19)6(18)4(3-17)21-10/h1-2,4,6-7,10,12,17-19H,3H2,(H,14,15,20). The molecule has 1 fully saturated rings. The topological polar surface area (TPSA) is 157 Å². The van der Waals surface area contributed by atoms with Gasteiger partial charge in [-0.15, -0.1) is 0 Å². The van der Waals surface area contributed by atoms with Crippen molar-refractivity contribution in [1.82, 2.24) is 19.5 Å². The first-order valence-electron chi connectivity index (χ1n) is 6.17. The Balaban J connectivity index is 2.18. The summed E-state index contributed by atoms with van der Waals surface area (Å²) in [4.78, 5) is 22.3. The van der Waals surface area contributed by atoms with E-state index in [0.717, 1.165) is 4.57 Å². The number of hydrogen-bond acceptors (Lipinski definition) is 8. The molecule has 0 aliphatic carbocycles. The average molecular weight is 295 g/mol. The number of nitrogens with zero attached hydrogens (tertiary/aromatic N) is 3. The van der Waals surface area contributed by atoms with Gasteiger partial charge in [0.2, 0.25) is 0 Å². The lowest BCUT2D eigenvalue weighted by molar-refractivity contribution is -0.0567. The molecule has 1 aliphatic heterocycles. The molecule has 3 heterocycles. The molecule has 10 nitrogen and oxygen atoms in total. The highest BCUT2D eigenvalue weighted by molar-refractivity contribution is 5.66. The zero-order chi connectivity index (χ0) is 15.1. The van der Waals surface area contributed by atoms with Crippen LogP contribution in [0.1, 0.15) is 6.23 Å². The molecule has 2 aromatic heterocycles. The summed E-state index contributed by atoms with van der Waals surface area (Å²) in [6.07, 6.45) is -2.40. The van der Waals surface area contributed by atoms with Gasteiger partial charge in [0.1, 0.15) is 23.8 Å². The molecule has 0 bridgehead atoms. The first-order chi connectivity index (χ1) is 10.0. The number of aliphatic hydroxyl groups excluding tert-OH is 3. The fourth-order valence-corrected chi connectivity index (χ4v) is 2.32. The SMILES string of the molecule is N=c1c2nccnc2[nH]c(=O)n1C1OC(CO)C(O)C1O. The third-order valence-electron chi connectivity index (χ3n) is 3.38. The van der Waals surface area contributed by atoms with Crippen molar-refractivity contribution in [1.29, 1.82) is 5.41 Å². The molecule has 2 aromatic rings. The summed E-state index contributed by atoms with van der Waals surface area (Å²) in [6.45, 7) is -0.520. The maximum absolute atomic E-state index is 12.1. The summed E-state index contributed by atoms with van der Waals surface area (Å²) in [6, 6.07) is 0. The Morgan fingerprint density at radius 1 is 1.33 bits per heavy atom. The van der Waals surface area contributed by atoms with E-state index in [1.54, 1.807) is 0 Å². The van der Waals surface area contributed by atoms with Gasteiger partial charge in [0, 0.05) is 12.4 Å². The Bertz CT molecular complexity index is 786. The van der Waals surface area contributed by atoms with Crippen LogP contribution in [0.3, 0.4) is 0 Å². The summed E-state index contributed by atoms with van der Waals surface area (Å²) in [5.41, 5.74) is -0.787. The van der Waals surface area contributed by atoms with Gasteiger partial charge < -0.3 is 20.1 Å². The number of rotatable bonds is 2. The number of hydrogen-bond donors (Lipinski definition) is 5. The summed E-state index contributed by atoms with van der Waals surface area (Å²) < 4.78 is 6.09. The van der Waals surface area contributed by atoms with Gasteiger partial charge in [-0.2, -0.15) is 0 Å². The van der Waals surface area contributed by atoms with Crippen LogP contribution >= 0.6 is 0 Å². The second-order valence-corrected chi connectivity index (χ2v) is 4.63. The predicted octanol–water partition coefficient (Wildman–Crippen LogP) is -2.79. The Morgan fingerprint density at radius 3 is 2.71 bits per heavy atom. The highest BCUT2D eigenvalue weighted by atomic mass is 16.6. The van der Waals surface area contributed by atoms with Crippen LogP contribution in [0.15, 0.2) is 17.2 Å². The van der Waals surface area contributed by atoms with Crippen LogP contribution in [0, 0.1) is 5.41 Å². The maximum atomic E-state index is 12.1. The molecule has 0 spiro atoms. The van der Waals surface area contributed by atoms with E-state index < -0.39 is 36.8 Å². The highest BCUT2D eigenvalue weighted by Gasteiger charge is 2.44. The van der Waals surface area contributed by atoms with Crippen LogP contribution in [-0.4, -0.2) is 59.8 Å². The van der Waals surface area contributed by atoms with Gasteiger partial charge in [0.15, 0.2) is 17.4 Å². The first kappa shape index (κ1) is 13.8. The number of H-pyrrole nitrogens is 1. The summed E-state index contributed by atoms with van der Waals surface area (Å²) in [5.74, 6) is 0. The molecule has 10 heteroatoms. The van der Waals surface area contributed by atoms with Crippen molar-refractivity contribution < 1.29 is 20.1 Å². The van der Waals surface area contributed by atoms with Crippen molar-refractivity contribution in [3.8, 4) is 0 Å². The Hall–Kier alpha value is -2.14. The fourth-order valence-electron chi connectivity index (χ4n) is 2.32. The van der Waals surface area contributed by atoms with E-state index in [0.29, 0.717) is 0 Å². The van der Waals surface area contributed by atoms with Crippen LogP contribution in [0.4, 0.5) is 0 Å². The van der Waals surface area contributed by atoms with Crippen LogP contribution < -0.4 is 11.2 Å². The number of fused-ring (bicyclic) bond motifs is 1. The normalized spacial score (nSPS) is 29.1.